The lowest BCUT2D eigenvalue weighted by Gasteiger charge is -2.20. The molecule has 0 unspecified atom stereocenters. The first-order valence-electron chi connectivity index (χ1n) is 5.80. The number of rotatable bonds is 3. The van der Waals surface area contributed by atoms with Gasteiger partial charge < -0.3 is 0 Å². The van der Waals surface area contributed by atoms with Crippen LogP contribution in [0.4, 0.5) is 0 Å². The summed E-state index contributed by atoms with van der Waals surface area (Å²) in [4.78, 5) is 7.63. The van der Waals surface area contributed by atoms with E-state index < -0.39 is 15.6 Å². The van der Waals surface area contributed by atoms with Gasteiger partial charge in [-0.05, 0) is 52.7 Å². The van der Waals surface area contributed by atoms with E-state index in [4.69, 9.17) is 4.84 Å². The molecule has 0 saturated heterocycles. The molecule has 102 valence electrons. The van der Waals surface area contributed by atoms with Gasteiger partial charge in [0.15, 0.2) is 0 Å². The molecule has 0 atom stereocenters. The fraction of sp³-hybridized carbons (Fsp3) is 0.538. The Hall–Kier alpha value is -0.910. The minimum atomic E-state index is -3.64. The molecule has 0 bridgehead atoms. The van der Waals surface area contributed by atoms with Gasteiger partial charge in [-0.3, -0.25) is 4.84 Å². The van der Waals surface area contributed by atoms with Crippen molar-refractivity contribution in [2.45, 2.75) is 52.0 Å². The highest BCUT2D eigenvalue weighted by Gasteiger charge is 2.22. The smallest absolute Gasteiger partial charge is 0.263 e. The molecule has 0 aliphatic rings. The van der Waals surface area contributed by atoms with Crippen LogP contribution in [-0.4, -0.2) is 14.0 Å². The van der Waals surface area contributed by atoms with Crippen molar-refractivity contribution in [3.05, 3.63) is 28.8 Å². The van der Waals surface area contributed by atoms with E-state index in [1.807, 2.05) is 19.1 Å². The van der Waals surface area contributed by atoms with Crippen molar-refractivity contribution in [2.24, 2.45) is 0 Å². The summed E-state index contributed by atoms with van der Waals surface area (Å²) >= 11 is 0. The first-order valence-corrected chi connectivity index (χ1v) is 7.29. The topological polar surface area (TPSA) is 55.4 Å². The molecular formula is C13H21NO3S. The minimum Gasteiger partial charge on any atom is -0.281 e. The van der Waals surface area contributed by atoms with Crippen LogP contribution >= 0.6 is 0 Å². The fourth-order valence-corrected chi connectivity index (χ4v) is 3.22. The number of hydrogen-bond acceptors (Lipinski definition) is 3. The summed E-state index contributed by atoms with van der Waals surface area (Å²) in [6.45, 7) is 10.9. The Bertz CT molecular complexity index is 519. The second-order valence-corrected chi connectivity index (χ2v) is 7.11. The number of aryl methyl sites for hydroxylation is 3. The maximum Gasteiger partial charge on any atom is 0.263 e. The molecule has 0 aliphatic heterocycles. The van der Waals surface area contributed by atoms with E-state index in [1.165, 1.54) is 0 Å². The van der Waals surface area contributed by atoms with E-state index in [-0.39, 0.29) is 4.90 Å². The predicted octanol–water partition coefficient (Wildman–Crippen LogP) is 2.62. The summed E-state index contributed by atoms with van der Waals surface area (Å²) in [5.41, 5.74) is 1.91. The lowest BCUT2D eigenvalue weighted by Crippen LogP contribution is -2.34. The van der Waals surface area contributed by atoms with Crippen molar-refractivity contribution in [1.29, 1.82) is 0 Å². The average molecular weight is 271 g/mol. The summed E-state index contributed by atoms with van der Waals surface area (Å²) in [6.07, 6.45) is 0. The first kappa shape index (κ1) is 15.1. The molecule has 0 aromatic heterocycles. The van der Waals surface area contributed by atoms with Gasteiger partial charge in [-0.1, -0.05) is 22.6 Å². The Morgan fingerprint density at radius 2 is 1.50 bits per heavy atom. The van der Waals surface area contributed by atoms with Crippen molar-refractivity contribution in [1.82, 2.24) is 4.89 Å². The van der Waals surface area contributed by atoms with Gasteiger partial charge in [0.25, 0.3) is 10.0 Å². The molecule has 0 spiro atoms. The molecular weight excluding hydrogens is 250 g/mol. The number of benzene rings is 1. The van der Waals surface area contributed by atoms with Crippen LogP contribution in [0.1, 0.15) is 37.5 Å². The van der Waals surface area contributed by atoms with Crippen molar-refractivity contribution < 1.29 is 13.3 Å². The third-order valence-corrected chi connectivity index (χ3v) is 3.82. The van der Waals surface area contributed by atoms with Gasteiger partial charge >= 0.3 is 0 Å². The molecule has 5 heteroatoms. The Morgan fingerprint density at radius 3 is 1.89 bits per heavy atom. The van der Waals surface area contributed by atoms with Gasteiger partial charge in [0.05, 0.1) is 10.5 Å². The van der Waals surface area contributed by atoms with E-state index >= 15 is 0 Å². The van der Waals surface area contributed by atoms with Crippen LogP contribution in [0, 0.1) is 20.8 Å². The average Bonchev–Trinajstić information content (AvgIpc) is 2.11. The highest BCUT2D eigenvalue weighted by molar-refractivity contribution is 7.89. The van der Waals surface area contributed by atoms with Gasteiger partial charge in [0.2, 0.25) is 0 Å². The number of hydrogen-bond donors (Lipinski definition) is 1. The molecule has 0 heterocycles. The largest absolute Gasteiger partial charge is 0.281 e. The highest BCUT2D eigenvalue weighted by Crippen LogP contribution is 2.22. The van der Waals surface area contributed by atoms with E-state index in [9.17, 15) is 8.42 Å². The van der Waals surface area contributed by atoms with E-state index in [1.54, 1.807) is 34.6 Å². The van der Waals surface area contributed by atoms with E-state index in [0.29, 0.717) is 0 Å². The van der Waals surface area contributed by atoms with Crippen molar-refractivity contribution in [2.75, 3.05) is 0 Å². The first-order chi connectivity index (χ1) is 8.03. The van der Waals surface area contributed by atoms with Crippen LogP contribution in [0.25, 0.3) is 0 Å². The normalized spacial score (nSPS) is 12.8. The van der Waals surface area contributed by atoms with Gasteiger partial charge in [0.1, 0.15) is 0 Å². The Kier molecular flexibility index (Phi) is 4.20. The summed E-state index contributed by atoms with van der Waals surface area (Å²) in [6, 6.07) is 3.69. The monoisotopic (exact) mass is 271 g/mol. The molecule has 1 rings (SSSR count). The SMILES string of the molecule is Cc1cc(C)c(S(=O)(=O)NOC(C)(C)C)c(C)c1. The van der Waals surface area contributed by atoms with Crippen molar-refractivity contribution in [3.8, 4) is 0 Å². The molecule has 0 fully saturated rings. The van der Waals surface area contributed by atoms with Crippen molar-refractivity contribution >= 4 is 10.0 Å². The molecule has 1 aromatic carbocycles. The van der Waals surface area contributed by atoms with Crippen LogP contribution in [0.3, 0.4) is 0 Å². The maximum absolute atomic E-state index is 12.2. The third-order valence-electron chi connectivity index (χ3n) is 2.33. The van der Waals surface area contributed by atoms with Crippen LogP contribution in [0.2, 0.25) is 0 Å². The Labute approximate surface area is 109 Å². The Balaban J connectivity index is 3.14. The van der Waals surface area contributed by atoms with Gasteiger partial charge in [-0.25, -0.2) is 8.42 Å². The highest BCUT2D eigenvalue weighted by atomic mass is 32.2. The molecule has 1 aromatic rings. The maximum atomic E-state index is 12.2. The lowest BCUT2D eigenvalue weighted by atomic mass is 10.1. The van der Waals surface area contributed by atoms with E-state index in [2.05, 4.69) is 4.89 Å². The van der Waals surface area contributed by atoms with Crippen LogP contribution < -0.4 is 4.89 Å². The third kappa shape index (κ3) is 3.80. The van der Waals surface area contributed by atoms with Gasteiger partial charge in [-0.2, -0.15) is 0 Å². The van der Waals surface area contributed by atoms with Crippen LogP contribution in [0.5, 0.6) is 0 Å². The lowest BCUT2D eigenvalue weighted by molar-refractivity contribution is -0.0358. The van der Waals surface area contributed by atoms with Gasteiger partial charge in [-0.15, -0.1) is 0 Å². The molecule has 18 heavy (non-hydrogen) atoms. The predicted molar refractivity (Wildman–Crippen MR) is 71.8 cm³/mol. The summed E-state index contributed by atoms with van der Waals surface area (Å²) in [5, 5.41) is 0. The molecule has 1 N–H and O–H groups in total. The second kappa shape index (κ2) is 4.99. The Morgan fingerprint density at radius 1 is 1.06 bits per heavy atom. The molecule has 0 aliphatic carbocycles. The molecule has 0 saturated carbocycles. The summed E-state index contributed by atoms with van der Waals surface area (Å²) in [7, 11) is -3.64. The zero-order valence-corrected chi connectivity index (χ0v) is 12.6. The quantitative estimate of drug-likeness (QED) is 0.860. The fourth-order valence-electron chi connectivity index (χ4n) is 1.81. The van der Waals surface area contributed by atoms with Crippen LogP contribution in [0.15, 0.2) is 17.0 Å². The molecule has 4 nitrogen and oxygen atoms in total. The van der Waals surface area contributed by atoms with Gasteiger partial charge in [0, 0.05) is 0 Å². The molecule has 0 amide bonds. The number of nitrogens with one attached hydrogen (secondary N) is 1. The molecule has 0 radical (unpaired) electrons. The van der Waals surface area contributed by atoms with Crippen LogP contribution in [-0.2, 0) is 14.9 Å². The van der Waals surface area contributed by atoms with E-state index in [0.717, 1.165) is 16.7 Å². The second-order valence-electron chi connectivity index (χ2n) is 5.53. The zero-order chi connectivity index (χ0) is 14.1. The minimum absolute atomic E-state index is 0.289. The van der Waals surface area contributed by atoms with Crippen molar-refractivity contribution in [3.63, 3.8) is 0 Å². The summed E-state index contributed by atoms with van der Waals surface area (Å²) < 4.78 is 24.4. The zero-order valence-electron chi connectivity index (χ0n) is 11.8. The number of sulfonamides is 1. The summed E-state index contributed by atoms with van der Waals surface area (Å²) in [5.74, 6) is 0. The standard InChI is InChI=1S/C13H21NO3S/c1-9-7-10(2)12(11(3)8-9)18(15,16)14-17-13(4,5)6/h7-8,14H,1-6H3.